The van der Waals surface area contributed by atoms with E-state index in [1.807, 2.05) is 0 Å². The van der Waals surface area contributed by atoms with Crippen LogP contribution in [0.3, 0.4) is 0 Å². The lowest BCUT2D eigenvalue weighted by atomic mass is 10.0. The number of benzene rings is 2. The number of amides is 4. The van der Waals surface area contributed by atoms with Gasteiger partial charge in [0.25, 0.3) is 11.8 Å². The molecule has 4 rings (SSSR count). The Kier molecular flexibility index (Phi) is 3.62. The molecule has 32 heavy (non-hydrogen) atoms. The van der Waals surface area contributed by atoms with E-state index in [-0.39, 0.29) is 21.5 Å². The molecule has 0 aromatic heterocycles. The molecule has 1 saturated heterocycles. The number of hydrogen-bond acceptors (Lipinski definition) is 4. The van der Waals surface area contributed by atoms with Crippen LogP contribution in [0.15, 0.2) is 42.5 Å². The molecule has 0 bridgehead atoms. The van der Waals surface area contributed by atoms with Crippen LogP contribution in [0.25, 0.3) is 0 Å². The molecule has 2 aliphatic heterocycles. The van der Waals surface area contributed by atoms with Crippen molar-refractivity contribution >= 4 is 35.2 Å². The van der Waals surface area contributed by atoms with Crippen LogP contribution in [0, 0.1) is 0 Å². The van der Waals surface area contributed by atoms with Gasteiger partial charge in [-0.2, -0.15) is 8.78 Å². The zero-order valence-electron chi connectivity index (χ0n) is 23.9. The molecule has 2 aromatic rings. The molecule has 0 radical (unpaired) electrons. The lowest BCUT2D eigenvalue weighted by Gasteiger charge is -2.29. The van der Waals surface area contributed by atoms with Crippen molar-refractivity contribution in [3.8, 4) is 0 Å². The summed E-state index contributed by atoms with van der Waals surface area (Å²) in [5.74, 6) is -10.8. The van der Waals surface area contributed by atoms with Crippen molar-refractivity contribution in [1.29, 1.82) is 0 Å². The van der Waals surface area contributed by atoms with Gasteiger partial charge in [-0.1, -0.05) is 35.9 Å². The van der Waals surface area contributed by atoms with E-state index in [1.165, 1.54) is 0 Å². The fourth-order valence-electron chi connectivity index (χ4n) is 3.18. The Morgan fingerprint density at radius 3 is 2.75 bits per heavy atom. The number of alkyl halides is 2. The molecular weight excluding hydrogens is 444 g/mol. The molecule has 1 unspecified atom stereocenters. The van der Waals surface area contributed by atoms with Crippen molar-refractivity contribution in [2.24, 2.45) is 0 Å². The van der Waals surface area contributed by atoms with E-state index in [1.54, 1.807) is 0 Å². The minimum atomic E-state index is -4.31. The van der Waals surface area contributed by atoms with E-state index in [2.05, 4.69) is 0 Å². The highest BCUT2D eigenvalue weighted by molar-refractivity contribution is 6.30. The summed E-state index contributed by atoms with van der Waals surface area (Å²) in [7, 11) is 0. The molecule has 0 aliphatic carbocycles. The smallest absolute Gasteiger partial charge is 0.346 e. The topological polar surface area (TPSA) is 95.6 Å². The van der Waals surface area contributed by atoms with Crippen molar-refractivity contribution in [2.45, 2.75) is 37.8 Å². The number of rotatable bonds is 5. The van der Waals surface area contributed by atoms with Crippen LogP contribution < -0.4 is 10.6 Å². The highest BCUT2D eigenvalue weighted by atomic mass is 35.5. The van der Waals surface area contributed by atoms with Crippen LogP contribution in [-0.2, 0) is 33.3 Å². The minimum Gasteiger partial charge on any atom is -0.346 e. The summed E-state index contributed by atoms with van der Waals surface area (Å²) < 4.78 is 93.5. The number of hydrogen-bond donors (Lipinski definition) is 2. The lowest BCUT2D eigenvalue weighted by Crippen LogP contribution is -2.52. The molecule has 10 heteroatoms. The first-order valence-corrected chi connectivity index (χ1v) is 9.44. The summed E-state index contributed by atoms with van der Waals surface area (Å²) in [5.41, 5.74) is -1.60. The Balaban J connectivity index is 1.65. The molecule has 4 amide bonds. The molecule has 2 aliphatic rings. The first kappa shape index (κ1) is 13.9. The molecule has 0 saturated carbocycles. The Labute approximate surface area is 198 Å². The zero-order chi connectivity index (χ0) is 30.2. The Hall–Kier alpha value is -3.33. The van der Waals surface area contributed by atoms with E-state index in [4.69, 9.17) is 22.6 Å². The third-order valence-corrected chi connectivity index (χ3v) is 5.02. The minimum absolute atomic E-state index is 0.0609. The molecule has 2 N–H and O–H groups in total. The van der Waals surface area contributed by atoms with Crippen LogP contribution in [0.4, 0.5) is 8.78 Å². The van der Waals surface area contributed by atoms with Crippen LogP contribution in [0.5, 0.6) is 0 Å². The number of nitrogens with zero attached hydrogens (tertiary/aromatic N) is 1. The maximum atomic E-state index is 14.8. The maximum Gasteiger partial charge on any atom is 0.349 e. The van der Waals surface area contributed by atoms with E-state index in [0.717, 1.165) is 42.5 Å². The van der Waals surface area contributed by atoms with Gasteiger partial charge in [-0.15, -0.1) is 0 Å². The SMILES string of the molecule is [2H]N1C(=O)C(N2Cc3cc(C([2H])([2H])N([2H])C(=O)C(F)(F)c4ccc(Cl)cc4)ccc3C2=O)C([2H])([2H])C([2H])([2H])C1=O. The van der Waals surface area contributed by atoms with Gasteiger partial charge in [-0.05, 0) is 35.7 Å². The third kappa shape index (κ3) is 4.08. The molecule has 166 valence electrons. The standard InChI is InChI=1S/C22H18ClF2N3O4/c23-15-4-2-14(3-5-15)22(24,25)21(32)26-10-12-1-6-16-13(9-12)11-28(20(16)31)17-7-8-18(29)27-19(17)30/h1-6,9,17H,7-8,10-11H2,(H,26,32)(H,27,29,30)/i7D2,8D2,10D2/hD2. The predicted molar refractivity (Wildman–Crippen MR) is 110 cm³/mol. The predicted octanol–water partition coefficient (Wildman–Crippen LogP) is 2.51. The summed E-state index contributed by atoms with van der Waals surface area (Å²) in [6, 6.07) is 4.54. The second kappa shape index (κ2) is 8.31. The number of fused-ring (bicyclic) bond motifs is 1. The van der Waals surface area contributed by atoms with Crippen LogP contribution in [0.2, 0.25) is 7.85 Å². The van der Waals surface area contributed by atoms with Gasteiger partial charge in [0.15, 0.2) is 2.82 Å². The summed E-state index contributed by atoms with van der Waals surface area (Å²) in [6.45, 7) is -3.78. The van der Waals surface area contributed by atoms with Crippen molar-refractivity contribution in [3.63, 3.8) is 0 Å². The molecular formula is C22H18ClF2N3O4. The average Bonchev–Trinajstić information content (AvgIpc) is 3.21. The molecule has 2 heterocycles. The number of halogens is 3. The number of imide groups is 1. The highest BCUT2D eigenvalue weighted by Gasteiger charge is 2.41. The average molecular weight is 470 g/mol. The van der Waals surface area contributed by atoms with Gasteiger partial charge in [0.2, 0.25) is 11.8 Å². The molecule has 1 atom stereocenters. The van der Waals surface area contributed by atoms with Gasteiger partial charge in [-0.3, -0.25) is 24.5 Å². The Morgan fingerprint density at radius 2 is 2.03 bits per heavy atom. The van der Waals surface area contributed by atoms with Crippen LogP contribution in [0.1, 0.15) is 48.0 Å². The first-order chi connectivity index (χ1) is 18.3. The van der Waals surface area contributed by atoms with Crippen molar-refractivity contribution in [1.82, 2.24) is 15.5 Å². The number of nitrogens with one attached hydrogen (secondary N) is 2. The van der Waals surface area contributed by atoms with Gasteiger partial charge in [0.05, 0.1) is 2.74 Å². The number of piperidine rings is 1. The van der Waals surface area contributed by atoms with Crippen molar-refractivity contribution in [3.05, 3.63) is 69.7 Å². The Bertz CT molecular complexity index is 1440. The van der Waals surface area contributed by atoms with E-state index >= 15 is 0 Å². The monoisotopic (exact) mass is 469 g/mol. The lowest BCUT2D eigenvalue weighted by molar-refractivity contribution is -0.147. The molecule has 7 nitrogen and oxygen atoms in total. The van der Waals surface area contributed by atoms with Gasteiger partial charge in [-0.25, -0.2) is 0 Å². The van der Waals surface area contributed by atoms with Crippen molar-refractivity contribution < 1.29 is 39.0 Å². The third-order valence-electron chi connectivity index (χ3n) is 4.77. The van der Waals surface area contributed by atoms with Gasteiger partial charge < -0.3 is 10.2 Å². The van der Waals surface area contributed by atoms with Gasteiger partial charge >= 0.3 is 5.92 Å². The molecule has 2 aromatic carbocycles. The maximum absolute atomic E-state index is 14.8. The number of carbonyl (C=O) groups is 4. The Morgan fingerprint density at radius 1 is 1.31 bits per heavy atom. The van der Waals surface area contributed by atoms with Crippen LogP contribution >= 0.6 is 11.6 Å². The number of carbonyl (C=O) groups excluding carboxylic acids is 4. The largest absolute Gasteiger partial charge is 0.349 e. The van der Waals surface area contributed by atoms with E-state index in [0.29, 0.717) is 4.90 Å². The fourth-order valence-corrected chi connectivity index (χ4v) is 3.31. The highest BCUT2D eigenvalue weighted by Crippen LogP contribution is 2.30. The molecule has 0 spiro atoms. The first-order valence-electron chi connectivity index (χ1n) is 13.0. The van der Waals surface area contributed by atoms with E-state index < -0.39 is 77.8 Å². The zero-order valence-corrected chi connectivity index (χ0v) is 16.7. The fraction of sp³-hybridized carbons (Fsp3) is 0.273. The summed E-state index contributed by atoms with van der Waals surface area (Å²) in [5, 5.41) is -0.816. The second-order valence-electron chi connectivity index (χ2n) is 6.84. The molecule has 1 fully saturated rings. The second-order valence-corrected chi connectivity index (χ2v) is 7.28. The summed E-state index contributed by atoms with van der Waals surface area (Å²) in [6.07, 6.45) is -6.61. The van der Waals surface area contributed by atoms with E-state index in [9.17, 15) is 28.0 Å². The van der Waals surface area contributed by atoms with Crippen LogP contribution in [-0.4, -0.2) is 34.6 Å². The summed E-state index contributed by atoms with van der Waals surface area (Å²) in [4.78, 5) is 50.9. The summed E-state index contributed by atoms with van der Waals surface area (Å²) >= 11 is 5.67. The quantitative estimate of drug-likeness (QED) is 0.658. The normalized spacial score (nSPS) is 26.0. The van der Waals surface area contributed by atoms with Crippen molar-refractivity contribution in [2.75, 3.05) is 0 Å². The van der Waals surface area contributed by atoms with Gasteiger partial charge in [0, 0.05) is 41.0 Å². The van der Waals surface area contributed by atoms with Gasteiger partial charge in [0.1, 0.15) is 6.04 Å².